The van der Waals surface area contributed by atoms with Crippen LogP contribution in [0.15, 0.2) is 24.3 Å². The maximum Gasteiger partial charge on any atom is 0.356 e. The second kappa shape index (κ2) is 7.19. The number of carbonyl (C=O) groups is 2. The van der Waals surface area contributed by atoms with Crippen molar-refractivity contribution in [3.63, 3.8) is 0 Å². The SMILES string of the molecule is COC(=O)c1cc(C#CCNC(C)=O)c2cccc([N+](=O)[O-])c2n1. The van der Waals surface area contributed by atoms with Gasteiger partial charge in [0, 0.05) is 23.9 Å². The zero-order chi connectivity index (χ0) is 17.7. The number of hydrogen-bond acceptors (Lipinski definition) is 6. The summed E-state index contributed by atoms with van der Waals surface area (Å²) in [6, 6.07) is 5.83. The summed E-state index contributed by atoms with van der Waals surface area (Å²) in [6.45, 7) is 1.48. The van der Waals surface area contributed by atoms with Crippen LogP contribution in [0.5, 0.6) is 0 Å². The van der Waals surface area contributed by atoms with Gasteiger partial charge >= 0.3 is 5.97 Å². The molecule has 8 nitrogen and oxygen atoms in total. The molecule has 0 fully saturated rings. The third-order valence-electron chi connectivity index (χ3n) is 3.06. The van der Waals surface area contributed by atoms with Gasteiger partial charge in [-0.1, -0.05) is 24.0 Å². The molecule has 1 aromatic carbocycles. The van der Waals surface area contributed by atoms with Gasteiger partial charge in [0.25, 0.3) is 5.69 Å². The van der Waals surface area contributed by atoms with E-state index in [0.717, 1.165) is 0 Å². The number of nitro groups is 1. The van der Waals surface area contributed by atoms with Crippen molar-refractivity contribution in [1.29, 1.82) is 0 Å². The van der Waals surface area contributed by atoms with Gasteiger partial charge in [-0.15, -0.1) is 0 Å². The summed E-state index contributed by atoms with van der Waals surface area (Å²) < 4.78 is 4.62. The number of pyridine rings is 1. The summed E-state index contributed by atoms with van der Waals surface area (Å²) >= 11 is 0. The van der Waals surface area contributed by atoms with Crippen molar-refractivity contribution in [3.05, 3.63) is 45.6 Å². The quantitative estimate of drug-likeness (QED) is 0.395. The molecule has 0 saturated carbocycles. The number of benzene rings is 1. The lowest BCUT2D eigenvalue weighted by Crippen LogP contribution is -2.19. The van der Waals surface area contributed by atoms with E-state index in [4.69, 9.17) is 0 Å². The fraction of sp³-hybridized carbons (Fsp3) is 0.188. The number of ether oxygens (including phenoxy) is 1. The summed E-state index contributed by atoms with van der Waals surface area (Å²) in [5.41, 5.74) is 0.120. The molecule has 1 heterocycles. The number of rotatable bonds is 3. The molecule has 0 radical (unpaired) electrons. The number of fused-ring (bicyclic) bond motifs is 1. The molecule has 0 bridgehead atoms. The van der Waals surface area contributed by atoms with E-state index in [1.54, 1.807) is 6.07 Å². The first-order chi connectivity index (χ1) is 11.4. The second-order valence-corrected chi connectivity index (χ2v) is 4.69. The predicted molar refractivity (Wildman–Crippen MR) is 85.3 cm³/mol. The zero-order valence-corrected chi connectivity index (χ0v) is 13.0. The van der Waals surface area contributed by atoms with Gasteiger partial charge in [-0.05, 0) is 6.07 Å². The number of nitrogens with zero attached hydrogens (tertiary/aromatic N) is 2. The topological polar surface area (TPSA) is 111 Å². The van der Waals surface area contributed by atoms with Gasteiger partial charge in [-0.2, -0.15) is 0 Å². The van der Waals surface area contributed by atoms with E-state index in [1.165, 1.54) is 32.2 Å². The lowest BCUT2D eigenvalue weighted by atomic mass is 10.1. The van der Waals surface area contributed by atoms with Crippen LogP contribution in [0.1, 0.15) is 23.0 Å². The molecule has 2 aromatic rings. The van der Waals surface area contributed by atoms with E-state index in [1.807, 2.05) is 0 Å². The predicted octanol–water partition coefficient (Wildman–Crippen LogP) is 1.42. The number of carbonyl (C=O) groups excluding carboxylic acids is 2. The Labute approximate surface area is 137 Å². The van der Waals surface area contributed by atoms with Gasteiger partial charge in [0.15, 0.2) is 5.69 Å². The highest BCUT2D eigenvalue weighted by Crippen LogP contribution is 2.26. The summed E-state index contributed by atoms with van der Waals surface area (Å²) in [5.74, 6) is 4.57. The van der Waals surface area contributed by atoms with E-state index in [2.05, 4.69) is 26.9 Å². The summed E-state index contributed by atoms with van der Waals surface area (Å²) in [6.07, 6.45) is 0. The molecule has 1 amide bonds. The minimum absolute atomic E-state index is 0.0502. The molecule has 8 heteroatoms. The van der Waals surface area contributed by atoms with Crippen molar-refractivity contribution < 1.29 is 19.2 Å². The van der Waals surface area contributed by atoms with E-state index in [0.29, 0.717) is 10.9 Å². The number of non-ortho nitro benzene ring substituents is 1. The van der Waals surface area contributed by atoms with Crippen LogP contribution in [-0.4, -0.2) is 35.4 Å². The second-order valence-electron chi connectivity index (χ2n) is 4.69. The van der Waals surface area contributed by atoms with Crippen molar-refractivity contribution in [2.45, 2.75) is 6.92 Å². The van der Waals surface area contributed by atoms with Crippen molar-refractivity contribution >= 4 is 28.5 Å². The first-order valence-corrected chi connectivity index (χ1v) is 6.84. The molecule has 1 N–H and O–H groups in total. The molecular weight excluding hydrogens is 314 g/mol. The molecular formula is C16H13N3O5. The van der Waals surface area contributed by atoms with Gasteiger partial charge in [0.1, 0.15) is 5.52 Å². The van der Waals surface area contributed by atoms with Crippen LogP contribution in [0.25, 0.3) is 10.9 Å². The summed E-state index contributed by atoms with van der Waals surface area (Å²) in [5, 5.41) is 14.1. The van der Waals surface area contributed by atoms with Crippen LogP contribution in [-0.2, 0) is 9.53 Å². The van der Waals surface area contributed by atoms with Crippen LogP contribution in [0, 0.1) is 22.0 Å². The maximum absolute atomic E-state index is 11.8. The van der Waals surface area contributed by atoms with Crippen LogP contribution >= 0.6 is 0 Å². The number of para-hydroxylation sites is 1. The largest absolute Gasteiger partial charge is 0.464 e. The minimum Gasteiger partial charge on any atom is -0.464 e. The molecule has 1 aromatic heterocycles. The fourth-order valence-corrected chi connectivity index (χ4v) is 2.00. The van der Waals surface area contributed by atoms with Crippen molar-refractivity contribution in [1.82, 2.24) is 10.3 Å². The number of nitro benzene ring substituents is 1. The molecule has 24 heavy (non-hydrogen) atoms. The van der Waals surface area contributed by atoms with Crippen LogP contribution in [0.2, 0.25) is 0 Å². The third kappa shape index (κ3) is 3.64. The van der Waals surface area contributed by atoms with Gasteiger partial charge in [-0.25, -0.2) is 9.78 Å². The first kappa shape index (κ1) is 16.9. The normalized spacial score (nSPS) is 9.75. The third-order valence-corrected chi connectivity index (χ3v) is 3.06. The van der Waals surface area contributed by atoms with E-state index in [9.17, 15) is 19.7 Å². The van der Waals surface area contributed by atoms with E-state index < -0.39 is 10.9 Å². The summed E-state index contributed by atoms with van der Waals surface area (Å²) in [7, 11) is 1.19. The van der Waals surface area contributed by atoms with E-state index in [-0.39, 0.29) is 29.3 Å². The van der Waals surface area contributed by atoms with Crippen LogP contribution < -0.4 is 5.32 Å². The molecule has 0 aliphatic carbocycles. The Morgan fingerprint density at radius 3 is 2.79 bits per heavy atom. The molecule has 0 unspecified atom stereocenters. The number of amides is 1. The van der Waals surface area contributed by atoms with Gasteiger partial charge < -0.3 is 10.1 Å². The monoisotopic (exact) mass is 327 g/mol. The highest BCUT2D eigenvalue weighted by Gasteiger charge is 2.18. The highest BCUT2D eigenvalue weighted by molar-refractivity contribution is 5.97. The first-order valence-electron chi connectivity index (χ1n) is 6.84. The fourth-order valence-electron chi connectivity index (χ4n) is 2.00. The van der Waals surface area contributed by atoms with Gasteiger partial charge in [0.2, 0.25) is 5.91 Å². The maximum atomic E-state index is 11.8. The molecule has 0 aliphatic heterocycles. The number of hydrogen-bond donors (Lipinski definition) is 1. The minimum atomic E-state index is -0.722. The van der Waals surface area contributed by atoms with Crippen molar-refractivity contribution in [2.75, 3.05) is 13.7 Å². The standard InChI is InChI=1S/C16H13N3O5/c1-10(20)17-8-4-5-11-9-13(16(21)24-2)18-15-12(11)6-3-7-14(15)19(22)23/h3,6-7,9H,8H2,1-2H3,(H,17,20). The zero-order valence-electron chi connectivity index (χ0n) is 13.0. The summed E-state index contributed by atoms with van der Waals surface area (Å²) in [4.78, 5) is 37.2. The number of esters is 1. The Morgan fingerprint density at radius 2 is 2.17 bits per heavy atom. The Hall–Kier alpha value is -3.47. The average Bonchev–Trinajstić information content (AvgIpc) is 2.56. The Bertz CT molecular complexity index is 896. The molecule has 0 atom stereocenters. The number of nitrogens with one attached hydrogen (secondary N) is 1. The number of aromatic nitrogens is 1. The van der Waals surface area contributed by atoms with Gasteiger partial charge in [0.05, 0.1) is 18.6 Å². The lowest BCUT2D eigenvalue weighted by molar-refractivity contribution is -0.383. The average molecular weight is 327 g/mol. The van der Waals surface area contributed by atoms with E-state index >= 15 is 0 Å². The van der Waals surface area contributed by atoms with Crippen LogP contribution in [0.3, 0.4) is 0 Å². The Kier molecular flexibility index (Phi) is 5.06. The Morgan fingerprint density at radius 1 is 1.42 bits per heavy atom. The lowest BCUT2D eigenvalue weighted by Gasteiger charge is -2.05. The van der Waals surface area contributed by atoms with Crippen molar-refractivity contribution in [2.24, 2.45) is 0 Å². The molecule has 0 spiro atoms. The highest BCUT2D eigenvalue weighted by atomic mass is 16.6. The molecule has 2 rings (SSSR count). The smallest absolute Gasteiger partial charge is 0.356 e. The Balaban J connectivity index is 2.63. The molecule has 0 saturated heterocycles. The van der Waals surface area contributed by atoms with Crippen molar-refractivity contribution in [3.8, 4) is 11.8 Å². The molecule has 122 valence electrons. The molecule has 0 aliphatic rings. The van der Waals surface area contributed by atoms with Gasteiger partial charge in [-0.3, -0.25) is 14.9 Å². The number of methoxy groups -OCH3 is 1. The van der Waals surface area contributed by atoms with Crippen LogP contribution in [0.4, 0.5) is 5.69 Å².